The van der Waals surface area contributed by atoms with Crippen molar-refractivity contribution in [2.45, 2.75) is 52.9 Å². The molecule has 0 spiro atoms. The molecular weight excluding hydrogens is 484 g/mol. The summed E-state index contributed by atoms with van der Waals surface area (Å²) in [5.41, 5.74) is 9.30. The molecule has 36 heavy (non-hydrogen) atoms. The molecular formula is C26H29ClN4O5. The molecule has 0 amide bonds. The number of nitrogens with two attached hydrogens (primary N) is 1. The van der Waals surface area contributed by atoms with Crippen LogP contribution in [0.1, 0.15) is 50.8 Å². The third-order valence-corrected chi connectivity index (χ3v) is 6.72. The van der Waals surface area contributed by atoms with Crippen molar-refractivity contribution in [3.05, 3.63) is 51.3 Å². The predicted molar refractivity (Wildman–Crippen MR) is 139 cm³/mol. The number of esters is 2. The zero-order valence-electron chi connectivity index (χ0n) is 20.6. The second-order valence-electron chi connectivity index (χ2n) is 9.49. The van der Waals surface area contributed by atoms with Gasteiger partial charge in [-0.05, 0) is 30.5 Å². The third kappa shape index (κ3) is 3.69. The fraction of sp³-hybridized carbons (Fsp3) is 0.385. The van der Waals surface area contributed by atoms with Crippen LogP contribution in [0.2, 0.25) is 0 Å². The van der Waals surface area contributed by atoms with Gasteiger partial charge in [-0.2, -0.15) is 0 Å². The van der Waals surface area contributed by atoms with Gasteiger partial charge in [-0.25, -0.2) is 9.78 Å². The van der Waals surface area contributed by atoms with Crippen LogP contribution in [0.15, 0.2) is 29.1 Å². The summed E-state index contributed by atoms with van der Waals surface area (Å²) < 4.78 is 12.5. The predicted octanol–water partition coefficient (Wildman–Crippen LogP) is 3.72. The molecule has 190 valence electrons. The molecule has 3 aromatic rings. The number of ether oxygens (including phenoxy) is 2. The van der Waals surface area contributed by atoms with Crippen molar-refractivity contribution < 1.29 is 19.1 Å². The van der Waals surface area contributed by atoms with E-state index < -0.39 is 17.5 Å². The number of hydrogen-bond acceptors (Lipinski definition) is 8. The van der Waals surface area contributed by atoms with Crippen molar-refractivity contribution in [1.82, 2.24) is 9.55 Å². The van der Waals surface area contributed by atoms with Crippen molar-refractivity contribution in [2.24, 2.45) is 5.92 Å². The summed E-state index contributed by atoms with van der Waals surface area (Å²) in [4.78, 5) is 43.4. The van der Waals surface area contributed by atoms with Crippen LogP contribution in [0, 0.1) is 5.92 Å². The first-order valence-corrected chi connectivity index (χ1v) is 11.8. The van der Waals surface area contributed by atoms with E-state index in [-0.39, 0.29) is 31.0 Å². The Morgan fingerprint density at radius 3 is 2.72 bits per heavy atom. The average molecular weight is 513 g/mol. The van der Waals surface area contributed by atoms with E-state index in [9.17, 15) is 14.4 Å². The van der Waals surface area contributed by atoms with Gasteiger partial charge in [-0.3, -0.25) is 9.59 Å². The van der Waals surface area contributed by atoms with Gasteiger partial charge >= 0.3 is 11.9 Å². The van der Waals surface area contributed by atoms with Crippen molar-refractivity contribution >= 4 is 46.6 Å². The summed E-state index contributed by atoms with van der Waals surface area (Å²) in [6.07, 6.45) is 0.136. The standard InChI is InChI=1S/C26H28N4O5.ClH/c1-5-26(35-14(4)31)17-9-20-22-15(11-30(20)24(32)16(17)12-34-25(26)33)23(28-10-13(2)3)21-18(27)7-6-8-19(21)29-22;/h6-9,13H,5,10-12,27H2,1-4H3,(H,28,29);1H/t26-;/m0./s1. The van der Waals surface area contributed by atoms with E-state index in [1.54, 1.807) is 17.6 Å². The molecule has 2 aliphatic rings. The van der Waals surface area contributed by atoms with Gasteiger partial charge in [0.15, 0.2) is 0 Å². The van der Waals surface area contributed by atoms with Crippen LogP contribution in [0.3, 0.4) is 0 Å². The molecule has 0 aliphatic carbocycles. The molecule has 0 bridgehead atoms. The summed E-state index contributed by atoms with van der Waals surface area (Å²) >= 11 is 0. The van der Waals surface area contributed by atoms with E-state index in [0.29, 0.717) is 46.2 Å². The molecule has 4 heterocycles. The Labute approximate surface area is 214 Å². The Kier molecular flexibility index (Phi) is 6.47. The number of anilines is 2. The van der Waals surface area contributed by atoms with Crippen molar-refractivity contribution in [1.29, 1.82) is 0 Å². The van der Waals surface area contributed by atoms with Crippen LogP contribution in [-0.4, -0.2) is 28.0 Å². The lowest BCUT2D eigenvalue weighted by atomic mass is 9.85. The number of cyclic esters (lactones) is 1. The number of benzene rings is 1. The van der Waals surface area contributed by atoms with Crippen LogP contribution in [-0.2, 0) is 37.8 Å². The molecule has 2 aliphatic heterocycles. The van der Waals surface area contributed by atoms with E-state index in [1.165, 1.54) is 6.92 Å². The summed E-state index contributed by atoms with van der Waals surface area (Å²) in [6, 6.07) is 7.32. The topological polar surface area (TPSA) is 126 Å². The van der Waals surface area contributed by atoms with Gasteiger partial charge < -0.3 is 25.1 Å². The molecule has 0 saturated carbocycles. The van der Waals surface area contributed by atoms with Gasteiger partial charge in [0.1, 0.15) is 6.61 Å². The molecule has 10 heteroatoms. The highest BCUT2D eigenvalue weighted by atomic mass is 35.5. The molecule has 1 atom stereocenters. The van der Waals surface area contributed by atoms with E-state index in [1.807, 2.05) is 18.2 Å². The molecule has 2 aromatic heterocycles. The lowest BCUT2D eigenvalue weighted by molar-refractivity contribution is -0.188. The third-order valence-electron chi connectivity index (χ3n) is 6.72. The number of halogens is 1. The Morgan fingerprint density at radius 1 is 1.31 bits per heavy atom. The van der Waals surface area contributed by atoms with E-state index in [4.69, 9.17) is 20.2 Å². The first-order valence-electron chi connectivity index (χ1n) is 11.8. The number of nitrogen functional groups attached to an aromatic ring is 1. The minimum Gasteiger partial charge on any atom is -0.457 e. The number of rotatable bonds is 5. The molecule has 3 N–H and O–H groups in total. The minimum atomic E-state index is -1.67. The zero-order chi connectivity index (χ0) is 25.1. The van der Waals surface area contributed by atoms with E-state index in [0.717, 1.165) is 23.2 Å². The quantitative estimate of drug-likeness (QED) is 0.306. The number of nitrogens with zero attached hydrogens (tertiary/aromatic N) is 2. The molecule has 0 radical (unpaired) electrons. The van der Waals surface area contributed by atoms with Crippen LogP contribution in [0.4, 0.5) is 11.4 Å². The number of nitrogens with one attached hydrogen (secondary N) is 1. The molecule has 0 unspecified atom stereocenters. The lowest BCUT2D eigenvalue weighted by Gasteiger charge is -2.35. The Morgan fingerprint density at radius 2 is 2.06 bits per heavy atom. The lowest BCUT2D eigenvalue weighted by Crippen LogP contribution is -2.47. The summed E-state index contributed by atoms with van der Waals surface area (Å²) in [5.74, 6) is -0.920. The molecule has 5 rings (SSSR count). The van der Waals surface area contributed by atoms with Crippen molar-refractivity contribution in [3.63, 3.8) is 0 Å². The monoisotopic (exact) mass is 512 g/mol. The van der Waals surface area contributed by atoms with Crippen LogP contribution < -0.4 is 16.6 Å². The van der Waals surface area contributed by atoms with Crippen molar-refractivity contribution in [2.75, 3.05) is 17.6 Å². The first-order chi connectivity index (χ1) is 16.7. The Hall–Kier alpha value is -3.59. The highest BCUT2D eigenvalue weighted by molar-refractivity contribution is 6.04. The minimum absolute atomic E-state index is 0. The summed E-state index contributed by atoms with van der Waals surface area (Å²) in [5, 5.41) is 4.35. The van der Waals surface area contributed by atoms with Gasteiger partial charge in [0, 0.05) is 35.7 Å². The van der Waals surface area contributed by atoms with Crippen LogP contribution in [0.25, 0.3) is 22.3 Å². The van der Waals surface area contributed by atoms with E-state index in [2.05, 4.69) is 19.2 Å². The SMILES string of the molecule is CC[C@@]1(OC(C)=O)C(=O)OCc2c1cc1n(c2=O)Cc2c-1nc1cccc(N)c1c2NCC(C)C.Cl. The van der Waals surface area contributed by atoms with Gasteiger partial charge in [-0.1, -0.05) is 26.8 Å². The summed E-state index contributed by atoms with van der Waals surface area (Å²) in [6.45, 7) is 8.03. The number of fused-ring (bicyclic) bond motifs is 5. The smallest absolute Gasteiger partial charge is 0.355 e. The first kappa shape index (κ1) is 25.5. The average Bonchev–Trinajstić information content (AvgIpc) is 3.17. The Balaban J connectivity index is 0.00000304. The molecule has 9 nitrogen and oxygen atoms in total. The molecule has 0 saturated heterocycles. The zero-order valence-corrected chi connectivity index (χ0v) is 21.5. The fourth-order valence-electron chi connectivity index (χ4n) is 5.06. The van der Waals surface area contributed by atoms with Crippen molar-refractivity contribution in [3.8, 4) is 11.4 Å². The van der Waals surface area contributed by atoms with Gasteiger partial charge in [0.2, 0.25) is 5.60 Å². The maximum absolute atomic E-state index is 13.7. The number of carbonyl (C=O) groups excluding carboxylic acids is 2. The van der Waals surface area contributed by atoms with Crippen LogP contribution in [0.5, 0.6) is 0 Å². The largest absolute Gasteiger partial charge is 0.457 e. The maximum Gasteiger partial charge on any atom is 0.355 e. The van der Waals surface area contributed by atoms with Gasteiger partial charge in [-0.15, -0.1) is 12.4 Å². The van der Waals surface area contributed by atoms with Crippen LogP contribution >= 0.6 is 12.4 Å². The second kappa shape index (κ2) is 9.13. The van der Waals surface area contributed by atoms with E-state index >= 15 is 0 Å². The van der Waals surface area contributed by atoms with Gasteiger partial charge in [0.05, 0.1) is 34.7 Å². The highest BCUT2D eigenvalue weighted by Gasteiger charge is 2.50. The second-order valence-corrected chi connectivity index (χ2v) is 9.49. The summed E-state index contributed by atoms with van der Waals surface area (Å²) in [7, 11) is 0. The number of pyridine rings is 2. The highest BCUT2D eigenvalue weighted by Crippen LogP contribution is 2.44. The van der Waals surface area contributed by atoms with Gasteiger partial charge in [0.25, 0.3) is 5.56 Å². The Bertz CT molecular complexity index is 1470. The normalized spacial score (nSPS) is 17.6. The number of hydrogen-bond donors (Lipinski definition) is 2. The molecule has 1 aromatic carbocycles. The fourth-order valence-corrected chi connectivity index (χ4v) is 5.06. The number of aromatic nitrogens is 2. The molecule has 0 fully saturated rings. The maximum atomic E-state index is 13.7. The number of carbonyl (C=O) groups is 2.